The fourth-order valence-electron chi connectivity index (χ4n) is 4.72. The number of piperidine rings is 1. The predicted octanol–water partition coefficient (Wildman–Crippen LogP) is 3.29. The van der Waals surface area contributed by atoms with Crippen LogP contribution in [0.4, 0.5) is 0 Å². The van der Waals surface area contributed by atoms with Crippen LogP contribution in [0.25, 0.3) is 11.0 Å². The van der Waals surface area contributed by atoms with Gasteiger partial charge in [0.25, 0.3) is 0 Å². The molecule has 6 heteroatoms. The van der Waals surface area contributed by atoms with Crippen LogP contribution in [0.3, 0.4) is 0 Å². The van der Waals surface area contributed by atoms with Gasteiger partial charge in [-0.15, -0.1) is 0 Å². The molecule has 0 N–H and O–H groups in total. The molecule has 166 valence electrons. The van der Waals surface area contributed by atoms with Crippen LogP contribution >= 0.6 is 0 Å². The van der Waals surface area contributed by atoms with Crippen LogP contribution < -0.4 is 10.4 Å². The summed E-state index contributed by atoms with van der Waals surface area (Å²) < 4.78 is 8.81. The monoisotopic (exact) mass is 422 g/mol. The summed E-state index contributed by atoms with van der Waals surface area (Å²) in [5, 5.41) is 0. The van der Waals surface area contributed by atoms with Crippen LogP contribution in [0.5, 0.6) is 5.75 Å². The molecule has 0 spiro atoms. The van der Waals surface area contributed by atoms with Crippen LogP contribution in [0, 0.1) is 6.92 Å². The van der Waals surface area contributed by atoms with Crippen molar-refractivity contribution in [3.05, 3.63) is 63.6 Å². The highest BCUT2D eigenvalue weighted by Crippen LogP contribution is 2.25. The highest BCUT2D eigenvalue weighted by Gasteiger charge is 2.24. The van der Waals surface area contributed by atoms with E-state index in [0.29, 0.717) is 6.04 Å². The Morgan fingerprint density at radius 2 is 1.58 bits per heavy atom. The predicted molar refractivity (Wildman–Crippen MR) is 126 cm³/mol. The number of aryl methyl sites for hydroxylation is 3. The SMILES string of the molecule is COc1ccc(CN(Cc2cc3c(cc2C)n(C)c(=O)n3C)C2CCN(C)CC2)cc1. The first-order valence-electron chi connectivity index (χ1n) is 11.1. The Kier molecular flexibility index (Phi) is 6.21. The van der Waals surface area contributed by atoms with Gasteiger partial charge in [-0.1, -0.05) is 12.1 Å². The van der Waals surface area contributed by atoms with Crippen molar-refractivity contribution in [3.8, 4) is 5.75 Å². The number of hydrogen-bond acceptors (Lipinski definition) is 4. The third-order valence-corrected chi connectivity index (χ3v) is 6.85. The Morgan fingerprint density at radius 3 is 2.19 bits per heavy atom. The Labute approximate surface area is 184 Å². The minimum atomic E-state index is 0.0250. The molecular formula is C25H34N4O2. The minimum Gasteiger partial charge on any atom is -0.497 e. The van der Waals surface area contributed by atoms with Gasteiger partial charge in [0.2, 0.25) is 0 Å². The first-order valence-corrected chi connectivity index (χ1v) is 11.1. The molecule has 1 aliphatic rings. The van der Waals surface area contributed by atoms with Gasteiger partial charge in [0, 0.05) is 33.2 Å². The molecule has 0 atom stereocenters. The van der Waals surface area contributed by atoms with E-state index in [1.807, 2.05) is 26.2 Å². The largest absolute Gasteiger partial charge is 0.497 e. The Morgan fingerprint density at radius 1 is 0.968 bits per heavy atom. The van der Waals surface area contributed by atoms with Gasteiger partial charge in [0.15, 0.2) is 0 Å². The number of imidazole rings is 1. The van der Waals surface area contributed by atoms with Crippen molar-refractivity contribution in [2.45, 2.75) is 38.9 Å². The van der Waals surface area contributed by atoms with Crippen molar-refractivity contribution in [2.75, 3.05) is 27.2 Å². The number of ether oxygens (including phenoxy) is 1. The van der Waals surface area contributed by atoms with Gasteiger partial charge in [-0.05, 0) is 80.9 Å². The van der Waals surface area contributed by atoms with Gasteiger partial charge >= 0.3 is 5.69 Å². The average Bonchev–Trinajstić information content (AvgIpc) is 2.98. The van der Waals surface area contributed by atoms with Crippen LogP contribution in [-0.4, -0.2) is 52.2 Å². The zero-order chi connectivity index (χ0) is 22.1. The molecule has 1 fully saturated rings. The Bertz CT molecular complexity index is 1110. The lowest BCUT2D eigenvalue weighted by Crippen LogP contribution is -2.43. The van der Waals surface area contributed by atoms with E-state index in [9.17, 15) is 4.79 Å². The summed E-state index contributed by atoms with van der Waals surface area (Å²) >= 11 is 0. The molecule has 31 heavy (non-hydrogen) atoms. The summed E-state index contributed by atoms with van der Waals surface area (Å²) in [6, 6.07) is 13.3. The number of aromatic nitrogens is 2. The van der Waals surface area contributed by atoms with E-state index in [-0.39, 0.29) is 5.69 Å². The van der Waals surface area contributed by atoms with E-state index in [4.69, 9.17) is 4.74 Å². The fraction of sp³-hybridized carbons (Fsp3) is 0.480. The lowest BCUT2D eigenvalue weighted by molar-refractivity contribution is 0.108. The van der Waals surface area contributed by atoms with E-state index in [2.05, 4.69) is 48.0 Å². The molecule has 6 nitrogen and oxygen atoms in total. The van der Waals surface area contributed by atoms with Crippen molar-refractivity contribution in [2.24, 2.45) is 14.1 Å². The lowest BCUT2D eigenvalue weighted by Gasteiger charge is -2.37. The van der Waals surface area contributed by atoms with Gasteiger partial charge in [-0.25, -0.2) is 4.79 Å². The van der Waals surface area contributed by atoms with E-state index >= 15 is 0 Å². The molecule has 1 aliphatic heterocycles. The molecular weight excluding hydrogens is 388 g/mol. The molecule has 0 bridgehead atoms. The van der Waals surface area contributed by atoms with Gasteiger partial charge in [0.1, 0.15) is 5.75 Å². The molecule has 1 saturated heterocycles. The van der Waals surface area contributed by atoms with Crippen molar-refractivity contribution in [1.82, 2.24) is 18.9 Å². The Balaban J connectivity index is 1.65. The second kappa shape index (κ2) is 8.89. The molecule has 1 aromatic heterocycles. The third-order valence-electron chi connectivity index (χ3n) is 6.85. The molecule has 0 radical (unpaired) electrons. The van der Waals surface area contributed by atoms with E-state index in [0.717, 1.165) is 43.0 Å². The molecule has 0 unspecified atom stereocenters. The first kappa shape index (κ1) is 21.7. The maximum atomic E-state index is 12.4. The lowest BCUT2D eigenvalue weighted by atomic mass is 10.00. The summed E-state index contributed by atoms with van der Waals surface area (Å²) in [6.07, 6.45) is 2.36. The van der Waals surface area contributed by atoms with Gasteiger partial charge in [0.05, 0.1) is 18.1 Å². The smallest absolute Gasteiger partial charge is 0.328 e. The standard InChI is InChI=1S/C25H34N4O2/c1-18-14-23-24(28(4)25(30)27(23)3)15-20(18)17-29(21-10-12-26(2)13-11-21)16-19-6-8-22(31-5)9-7-19/h6-9,14-15,21H,10-13,16-17H2,1-5H3. The van der Waals surface area contributed by atoms with Crippen molar-refractivity contribution in [1.29, 1.82) is 0 Å². The van der Waals surface area contributed by atoms with Crippen LogP contribution in [0.2, 0.25) is 0 Å². The number of methoxy groups -OCH3 is 1. The van der Waals surface area contributed by atoms with Gasteiger partial charge in [-0.2, -0.15) is 0 Å². The summed E-state index contributed by atoms with van der Waals surface area (Å²) in [5.41, 5.74) is 5.85. The molecule has 0 saturated carbocycles. The van der Waals surface area contributed by atoms with E-state index in [1.165, 1.54) is 29.5 Å². The number of fused-ring (bicyclic) bond motifs is 1. The van der Waals surface area contributed by atoms with Crippen LogP contribution in [0.1, 0.15) is 29.5 Å². The second-order valence-corrected chi connectivity index (χ2v) is 8.96. The topological polar surface area (TPSA) is 42.6 Å². The zero-order valence-electron chi connectivity index (χ0n) is 19.4. The Hall–Kier alpha value is -2.57. The van der Waals surface area contributed by atoms with E-state index in [1.54, 1.807) is 16.2 Å². The zero-order valence-corrected chi connectivity index (χ0v) is 19.4. The minimum absolute atomic E-state index is 0.0250. The third kappa shape index (κ3) is 4.41. The van der Waals surface area contributed by atoms with Gasteiger partial charge < -0.3 is 9.64 Å². The first-order chi connectivity index (χ1) is 14.9. The highest BCUT2D eigenvalue weighted by molar-refractivity contribution is 5.78. The second-order valence-electron chi connectivity index (χ2n) is 8.96. The summed E-state index contributed by atoms with van der Waals surface area (Å²) in [6.45, 7) is 6.21. The van der Waals surface area contributed by atoms with Crippen molar-refractivity contribution < 1.29 is 4.74 Å². The molecule has 4 rings (SSSR count). The van der Waals surface area contributed by atoms with Crippen molar-refractivity contribution >= 4 is 11.0 Å². The molecule has 2 aromatic carbocycles. The summed E-state index contributed by atoms with van der Waals surface area (Å²) in [4.78, 5) is 17.4. The molecule has 0 aliphatic carbocycles. The average molecular weight is 423 g/mol. The number of hydrogen-bond donors (Lipinski definition) is 0. The van der Waals surface area contributed by atoms with E-state index < -0.39 is 0 Å². The number of benzene rings is 2. The molecule has 0 amide bonds. The maximum absolute atomic E-state index is 12.4. The highest BCUT2D eigenvalue weighted by atomic mass is 16.5. The van der Waals surface area contributed by atoms with Gasteiger partial charge in [-0.3, -0.25) is 14.0 Å². The maximum Gasteiger partial charge on any atom is 0.328 e. The van der Waals surface area contributed by atoms with Crippen molar-refractivity contribution in [3.63, 3.8) is 0 Å². The number of likely N-dealkylation sites (tertiary alicyclic amines) is 1. The molecule has 3 aromatic rings. The molecule has 2 heterocycles. The summed E-state index contributed by atoms with van der Waals surface area (Å²) in [5.74, 6) is 0.890. The van der Waals surface area contributed by atoms with Crippen LogP contribution in [-0.2, 0) is 27.2 Å². The normalized spacial score (nSPS) is 15.8. The summed E-state index contributed by atoms with van der Waals surface area (Å²) in [7, 11) is 7.61. The number of rotatable bonds is 6. The van der Waals surface area contributed by atoms with Crippen LogP contribution in [0.15, 0.2) is 41.2 Å². The number of nitrogens with zero attached hydrogens (tertiary/aromatic N) is 4. The fourth-order valence-corrected chi connectivity index (χ4v) is 4.72. The quantitative estimate of drug-likeness (QED) is 0.611.